The van der Waals surface area contributed by atoms with Gasteiger partial charge in [-0.15, -0.1) is 0 Å². The largest absolute Gasteiger partial charge is 0.482 e. The normalized spacial score (nSPS) is 9.50. The molecule has 0 spiro atoms. The Balaban J connectivity index is 0.000000320. The number of carboxylic acids is 4. The van der Waals surface area contributed by atoms with Gasteiger partial charge in [0.25, 0.3) is 0 Å². The first-order valence-electron chi connectivity index (χ1n) is 8.74. The molecule has 172 valence electrons. The highest BCUT2D eigenvalue weighted by molar-refractivity contribution is 5.69. The monoisotopic (exact) mass is 452 g/mol. The van der Waals surface area contributed by atoms with E-state index >= 15 is 0 Å². The van der Waals surface area contributed by atoms with Crippen LogP contribution in [0, 0.1) is 0 Å². The van der Waals surface area contributed by atoms with E-state index in [9.17, 15) is 19.2 Å². The van der Waals surface area contributed by atoms with Crippen molar-refractivity contribution in [2.24, 2.45) is 0 Å². The molecule has 0 bridgehead atoms. The number of carboxylic acid groups (broad SMARTS) is 4. The Morgan fingerprint density at radius 1 is 0.500 bits per heavy atom. The molecule has 0 aliphatic rings. The van der Waals surface area contributed by atoms with Gasteiger partial charge in [0.1, 0.15) is 23.0 Å². The van der Waals surface area contributed by atoms with E-state index in [0.717, 1.165) is 0 Å². The number of hydrogen-bond acceptors (Lipinski definition) is 8. The van der Waals surface area contributed by atoms with Crippen LogP contribution in [0.1, 0.15) is 0 Å². The minimum atomic E-state index is -1.09. The van der Waals surface area contributed by atoms with Crippen LogP contribution in [0.25, 0.3) is 0 Å². The molecule has 0 amide bonds. The molecule has 2 aromatic carbocycles. The third-order valence-corrected chi connectivity index (χ3v) is 3.06. The third-order valence-electron chi connectivity index (χ3n) is 3.06. The predicted octanol–water partition coefficient (Wildman–Crippen LogP) is 1.23. The van der Waals surface area contributed by atoms with E-state index < -0.39 is 50.3 Å². The standard InChI is InChI=1S/2C10H10O6/c2*11-9(12)5-15-7-2-1-3-8(4-7)16-6-10(13)14/h2*1-4H,5-6H2,(H,11,12)(H,13,14). The topological polar surface area (TPSA) is 186 Å². The molecular formula is C20H20O12. The van der Waals surface area contributed by atoms with Crippen LogP contribution in [-0.2, 0) is 19.2 Å². The van der Waals surface area contributed by atoms with Crippen molar-refractivity contribution in [1.29, 1.82) is 0 Å². The molecule has 0 saturated heterocycles. The lowest BCUT2D eigenvalue weighted by atomic mass is 10.3. The van der Waals surface area contributed by atoms with Crippen molar-refractivity contribution in [3.8, 4) is 23.0 Å². The second-order valence-corrected chi connectivity index (χ2v) is 5.68. The number of hydrogen-bond donors (Lipinski definition) is 4. The molecule has 0 unspecified atom stereocenters. The van der Waals surface area contributed by atoms with Gasteiger partial charge in [0.2, 0.25) is 0 Å². The molecule has 0 atom stereocenters. The zero-order chi connectivity index (χ0) is 23.9. The fourth-order valence-corrected chi connectivity index (χ4v) is 1.89. The molecular weight excluding hydrogens is 432 g/mol. The molecule has 12 nitrogen and oxygen atoms in total. The van der Waals surface area contributed by atoms with Crippen molar-refractivity contribution < 1.29 is 58.6 Å². The summed E-state index contributed by atoms with van der Waals surface area (Å²) >= 11 is 0. The number of rotatable bonds is 12. The Hall–Kier alpha value is -4.48. The molecule has 0 saturated carbocycles. The first-order chi connectivity index (χ1) is 15.2. The lowest BCUT2D eigenvalue weighted by Crippen LogP contribution is -2.10. The fraction of sp³-hybridized carbons (Fsp3) is 0.200. The van der Waals surface area contributed by atoms with Crippen LogP contribution in [0.15, 0.2) is 48.5 Å². The van der Waals surface area contributed by atoms with Gasteiger partial charge in [0.15, 0.2) is 26.4 Å². The van der Waals surface area contributed by atoms with E-state index in [2.05, 4.69) is 0 Å². The molecule has 0 heterocycles. The minimum absolute atomic E-state index is 0.310. The highest BCUT2D eigenvalue weighted by Gasteiger charge is 2.04. The summed E-state index contributed by atoms with van der Waals surface area (Å²) in [5.41, 5.74) is 0. The van der Waals surface area contributed by atoms with Crippen LogP contribution >= 0.6 is 0 Å². The smallest absolute Gasteiger partial charge is 0.341 e. The lowest BCUT2D eigenvalue weighted by molar-refractivity contribution is -0.140. The summed E-state index contributed by atoms with van der Waals surface area (Å²) in [4.78, 5) is 41.0. The summed E-state index contributed by atoms with van der Waals surface area (Å²) in [7, 11) is 0. The maximum Gasteiger partial charge on any atom is 0.341 e. The van der Waals surface area contributed by atoms with E-state index in [0.29, 0.717) is 23.0 Å². The number of ether oxygens (including phenoxy) is 4. The van der Waals surface area contributed by atoms with Gasteiger partial charge >= 0.3 is 23.9 Å². The van der Waals surface area contributed by atoms with E-state index in [1.165, 1.54) is 12.1 Å². The van der Waals surface area contributed by atoms with Gasteiger partial charge in [0, 0.05) is 12.1 Å². The highest BCUT2D eigenvalue weighted by atomic mass is 16.5. The Labute approximate surface area is 181 Å². The highest BCUT2D eigenvalue weighted by Crippen LogP contribution is 2.20. The molecule has 2 rings (SSSR count). The molecule has 0 aliphatic heterocycles. The van der Waals surface area contributed by atoms with Crippen LogP contribution in [0.5, 0.6) is 23.0 Å². The number of carbonyl (C=O) groups is 4. The van der Waals surface area contributed by atoms with Gasteiger partial charge in [-0.2, -0.15) is 0 Å². The van der Waals surface area contributed by atoms with Gasteiger partial charge in [-0.3, -0.25) is 0 Å². The summed E-state index contributed by atoms with van der Waals surface area (Å²) in [6, 6.07) is 12.2. The van der Waals surface area contributed by atoms with Gasteiger partial charge < -0.3 is 39.4 Å². The van der Waals surface area contributed by atoms with Crippen molar-refractivity contribution in [1.82, 2.24) is 0 Å². The van der Waals surface area contributed by atoms with Crippen LogP contribution in [0.3, 0.4) is 0 Å². The van der Waals surface area contributed by atoms with Gasteiger partial charge in [-0.1, -0.05) is 12.1 Å². The maximum atomic E-state index is 10.2. The summed E-state index contributed by atoms with van der Waals surface area (Å²) in [5, 5.41) is 33.5. The second kappa shape index (κ2) is 13.7. The molecule has 0 radical (unpaired) electrons. The average molecular weight is 452 g/mol. The Bertz CT molecular complexity index is 782. The summed E-state index contributed by atoms with van der Waals surface area (Å²) in [5.74, 6) is -3.10. The predicted molar refractivity (Wildman–Crippen MR) is 105 cm³/mol. The van der Waals surface area contributed by atoms with Gasteiger partial charge in [-0.25, -0.2) is 19.2 Å². The molecule has 0 aromatic heterocycles. The van der Waals surface area contributed by atoms with Crippen LogP contribution in [-0.4, -0.2) is 70.7 Å². The van der Waals surface area contributed by atoms with Gasteiger partial charge in [-0.05, 0) is 24.3 Å². The van der Waals surface area contributed by atoms with Crippen molar-refractivity contribution in [2.75, 3.05) is 26.4 Å². The summed E-state index contributed by atoms with van der Waals surface area (Å²) in [6.45, 7) is -1.82. The molecule has 4 N–H and O–H groups in total. The molecule has 12 heteroatoms. The van der Waals surface area contributed by atoms with Crippen LogP contribution in [0.2, 0.25) is 0 Å². The minimum Gasteiger partial charge on any atom is -0.482 e. The van der Waals surface area contributed by atoms with E-state index in [1.54, 1.807) is 36.4 Å². The number of aliphatic carboxylic acids is 4. The summed E-state index contributed by atoms with van der Waals surface area (Å²) in [6.07, 6.45) is 0. The summed E-state index contributed by atoms with van der Waals surface area (Å²) < 4.78 is 19.6. The lowest BCUT2D eigenvalue weighted by Gasteiger charge is -2.06. The van der Waals surface area contributed by atoms with Crippen molar-refractivity contribution in [3.05, 3.63) is 48.5 Å². The zero-order valence-corrected chi connectivity index (χ0v) is 16.5. The van der Waals surface area contributed by atoms with Crippen LogP contribution < -0.4 is 18.9 Å². The average Bonchev–Trinajstić information content (AvgIpc) is 2.74. The molecule has 2 aromatic rings. The van der Waals surface area contributed by atoms with E-state index in [4.69, 9.17) is 39.4 Å². The van der Waals surface area contributed by atoms with Crippen molar-refractivity contribution >= 4 is 23.9 Å². The Morgan fingerprint density at radius 2 is 0.719 bits per heavy atom. The maximum absolute atomic E-state index is 10.2. The quantitative estimate of drug-likeness (QED) is 0.361. The molecule has 0 aliphatic carbocycles. The second-order valence-electron chi connectivity index (χ2n) is 5.68. The van der Waals surface area contributed by atoms with Crippen LogP contribution in [0.4, 0.5) is 0 Å². The van der Waals surface area contributed by atoms with Gasteiger partial charge in [0.05, 0.1) is 0 Å². The molecule has 32 heavy (non-hydrogen) atoms. The molecule has 0 fully saturated rings. The zero-order valence-electron chi connectivity index (χ0n) is 16.5. The number of benzene rings is 2. The van der Waals surface area contributed by atoms with E-state index in [-0.39, 0.29) is 0 Å². The first kappa shape index (κ1) is 25.6. The van der Waals surface area contributed by atoms with E-state index in [1.807, 2.05) is 0 Å². The Kier molecular flexibility index (Phi) is 10.9. The van der Waals surface area contributed by atoms with Crippen molar-refractivity contribution in [3.63, 3.8) is 0 Å². The Morgan fingerprint density at radius 3 is 0.906 bits per heavy atom. The van der Waals surface area contributed by atoms with Crippen molar-refractivity contribution in [2.45, 2.75) is 0 Å². The SMILES string of the molecule is O=C(O)COc1cccc(OCC(=O)O)c1.O=C(O)COc1cccc(OCC(=O)O)c1. The fourth-order valence-electron chi connectivity index (χ4n) is 1.89. The third kappa shape index (κ3) is 12.2. The first-order valence-corrected chi connectivity index (χ1v) is 8.74.